The minimum absolute atomic E-state index is 0.159. The zero-order chi connectivity index (χ0) is 18.9. The number of fused-ring (bicyclic) bond motifs is 1. The van der Waals surface area contributed by atoms with E-state index in [1.165, 1.54) is 10.9 Å². The van der Waals surface area contributed by atoms with Crippen LogP contribution in [0.2, 0.25) is 0 Å². The highest BCUT2D eigenvalue weighted by molar-refractivity contribution is 5.76. The first kappa shape index (κ1) is 18.4. The molecule has 1 N–H and O–H groups in total. The van der Waals surface area contributed by atoms with Gasteiger partial charge < -0.3 is 14.7 Å². The molecule has 0 atom stereocenters. The molecule has 3 rings (SSSR count). The topological polar surface area (TPSA) is 84.7 Å². The summed E-state index contributed by atoms with van der Waals surface area (Å²) in [5, 5.41) is 11.4. The van der Waals surface area contributed by atoms with Crippen molar-refractivity contribution in [1.82, 2.24) is 14.5 Å². The summed E-state index contributed by atoms with van der Waals surface area (Å²) in [6.45, 7) is 6.41. The number of hydrogen-bond acceptors (Lipinski definition) is 5. The fraction of sp³-hybridized carbons (Fsp3) is 0.526. The van der Waals surface area contributed by atoms with Gasteiger partial charge in [0.05, 0.1) is 29.4 Å². The second-order valence-corrected chi connectivity index (χ2v) is 7.89. The van der Waals surface area contributed by atoms with Crippen LogP contribution < -0.4 is 5.56 Å². The lowest BCUT2D eigenvalue weighted by molar-refractivity contribution is -0.0419. The molecule has 1 saturated heterocycles. The third kappa shape index (κ3) is 4.04. The molecular weight excluding hydrogens is 334 g/mol. The Kier molecular flexibility index (Phi) is 4.75. The summed E-state index contributed by atoms with van der Waals surface area (Å²) < 4.78 is 6.82. The van der Waals surface area contributed by atoms with Gasteiger partial charge in [-0.3, -0.25) is 9.36 Å². The molecule has 26 heavy (non-hydrogen) atoms. The zero-order valence-electron chi connectivity index (χ0n) is 15.4. The molecule has 0 spiro atoms. The highest BCUT2D eigenvalue weighted by Crippen LogP contribution is 2.25. The smallest absolute Gasteiger partial charge is 0.410 e. The summed E-state index contributed by atoms with van der Waals surface area (Å²) in [5.41, 5.74) is -1.12. The van der Waals surface area contributed by atoms with Crippen LogP contribution in [0.3, 0.4) is 0 Å². The Morgan fingerprint density at radius 2 is 1.92 bits per heavy atom. The van der Waals surface area contributed by atoms with Crippen LogP contribution in [-0.2, 0) is 11.3 Å². The van der Waals surface area contributed by atoms with Crippen molar-refractivity contribution < 1.29 is 14.6 Å². The molecule has 7 heteroatoms. The molecule has 0 aliphatic carbocycles. The maximum Gasteiger partial charge on any atom is 0.410 e. The van der Waals surface area contributed by atoms with Crippen molar-refractivity contribution in [3.63, 3.8) is 0 Å². The summed E-state index contributed by atoms with van der Waals surface area (Å²) in [5.74, 6) is 0. The number of aliphatic hydroxyl groups is 1. The first-order valence-corrected chi connectivity index (χ1v) is 8.81. The summed E-state index contributed by atoms with van der Waals surface area (Å²) in [6.07, 6.45) is 1.86. The van der Waals surface area contributed by atoms with Crippen LogP contribution >= 0.6 is 0 Å². The third-order valence-electron chi connectivity index (χ3n) is 4.54. The van der Waals surface area contributed by atoms with E-state index in [1.807, 2.05) is 26.8 Å². The molecule has 1 amide bonds. The van der Waals surface area contributed by atoms with Crippen molar-refractivity contribution in [2.45, 2.75) is 51.4 Å². The summed E-state index contributed by atoms with van der Waals surface area (Å²) in [7, 11) is 0. The molecule has 0 radical (unpaired) electrons. The largest absolute Gasteiger partial charge is 0.444 e. The minimum atomic E-state index is -1.05. The Morgan fingerprint density at radius 1 is 1.27 bits per heavy atom. The molecule has 1 fully saturated rings. The average molecular weight is 359 g/mol. The molecule has 2 aromatic rings. The maximum absolute atomic E-state index is 12.6. The fourth-order valence-corrected chi connectivity index (χ4v) is 3.13. The van der Waals surface area contributed by atoms with Crippen molar-refractivity contribution in [2.75, 3.05) is 13.1 Å². The predicted molar refractivity (Wildman–Crippen MR) is 98.0 cm³/mol. The average Bonchev–Trinajstić information content (AvgIpc) is 2.57. The molecule has 1 aromatic heterocycles. The van der Waals surface area contributed by atoms with Crippen LogP contribution in [0.25, 0.3) is 10.9 Å². The van der Waals surface area contributed by atoms with E-state index in [4.69, 9.17) is 4.74 Å². The lowest BCUT2D eigenvalue weighted by Gasteiger charge is -2.38. The summed E-state index contributed by atoms with van der Waals surface area (Å²) in [4.78, 5) is 30.6. The van der Waals surface area contributed by atoms with Gasteiger partial charge in [-0.1, -0.05) is 12.1 Å². The van der Waals surface area contributed by atoms with Crippen molar-refractivity contribution in [3.05, 3.63) is 40.9 Å². The number of para-hydroxylation sites is 1. The van der Waals surface area contributed by atoms with Crippen LogP contribution in [0.15, 0.2) is 35.4 Å². The highest BCUT2D eigenvalue weighted by atomic mass is 16.6. The van der Waals surface area contributed by atoms with Gasteiger partial charge in [0.2, 0.25) is 0 Å². The molecule has 7 nitrogen and oxygen atoms in total. The normalized spacial score (nSPS) is 17.3. The van der Waals surface area contributed by atoms with E-state index >= 15 is 0 Å². The van der Waals surface area contributed by atoms with Crippen molar-refractivity contribution in [1.29, 1.82) is 0 Å². The van der Waals surface area contributed by atoms with E-state index in [-0.39, 0.29) is 18.2 Å². The van der Waals surface area contributed by atoms with Gasteiger partial charge in [-0.2, -0.15) is 0 Å². The number of carbonyl (C=O) groups excluding carboxylic acids is 1. The molecule has 0 unspecified atom stereocenters. The number of rotatable bonds is 2. The predicted octanol–water partition coefficient (Wildman–Crippen LogP) is 2.16. The molecule has 0 saturated carbocycles. The van der Waals surface area contributed by atoms with Gasteiger partial charge in [0.15, 0.2) is 0 Å². The molecule has 0 bridgehead atoms. The monoisotopic (exact) mass is 359 g/mol. The molecule has 140 valence electrons. The van der Waals surface area contributed by atoms with Crippen molar-refractivity contribution in [3.8, 4) is 0 Å². The van der Waals surface area contributed by atoms with Crippen LogP contribution in [0.1, 0.15) is 33.6 Å². The highest BCUT2D eigenvalue weighted by Gasteiger charge is 2.36. The van der Waals surface area contributed by atoms with Gasteiger partial charge in [-0.25, -0.2) is 9.78 Å². The summed E-state index contributed by atoms with van der Waals surface area (Å²) in [6, 6.07) is 7.15. The van der Waals surface area contributed by atoms with Gasteiger partial charge in [0.25, 0.3) is 5.56 Å². The van der Waals surface area contributed by atoms with E-state index in [0.29, 0.717) is 36.8 Å². The van der Waals surface area contributed by atoms with Crippen LogP contribution in [-0.4, -0.2) is 49.9 Å². The summed E-state index contributed by atoms with van der Waals surface area (Å²) >= 11 is 0. The Labute approximate surface area is 152 Å². The number of benzene rings is 1. The number of carbonyl (C=O) groups is 1. The second kappa shape index (κ2) is 6.72. The number of likely N-dealkylation sites (tertiary alicyclic amines) is 1. The Balaban J connectivity index is 1.69. The van der Waals surface area contributed by atoms with Crippen LogP contribution in [0.5, 0.6) is 0 Å². The standard InChI is InChI=1S/C19H25N3O4/c1-18(2,3)26-17(24)21-10-8-19(25,9-11-21)12-22-13-20-15-7-5-4-6-14(15)16(22)23/h4-7,13,25H,8-12H2,1-3H3. The van der Waals surface area contributed by atoms with E-state index in [9.17, 15) is 14.7 Å². The van der Waals surface area contributed by atoms with Crippen molar-refractivity contribution >= 4 is 17.0 Å². The van der Waals surface area contributed by atoms with Crippen LogP contribution in [0.4, 0.5) is 4.79 Å². The Bertz CT molecular complexity index is 861. The van der Waals surface area contributed by atoms with E-state index in [2.05, 4.69) is 4.98 Å². The lowest BCUT2D eigenvalue weighted by Crippen LogP contribution is -2.50. The molecule has 1 aliphatic heterocycles. The number of hydrogen-bond donors (Lipinski definition) is 1. The van der Waals surface area contributed by atoms with E-state index < -0.39 is 11.2 Å². The third-order valence-corrected chi connectivity index (χ3v) is 4.54. The lowest BCUT2D eigenvalue weighted by atomic mass is 9.91. The number of aromatic nitrogens is 2. The van der Waals surface area contributed by atoms with Gasteiger partial charge in [-0.15, -0.1) is 0 Å². The molecule has 1 aliphatic rings. The molecular formula is C19H25N3O4. The van der Waals surface area contributed by atoms with Crippen LogP contribution in [0, 0.1) is 0 Å². The second-order valence-electron chi connectivity index (χ2n) is 7.89. The Hall–Kier alpha value is -2.41. The number of ether oxygens (including phenoxy) is 1. The maximum atomic E-state index is 12.6. The van der Waals surface area contributed by atoms with Gasteiger partial charge in [0.1, 0.15) is 5.60 Å². The number of piperidine rings is 1. The minimum Gasteiger partial charge on any atom is -0.444 e. The zero-order valence-corrected chi connectivity index (χ0v) is 15.4. The first-order valence-electron chi connectivity index (χ1n) is 8.81. The van der Waals surface area contributed by atoms with E-state index in [0.717, 1.165) is 0 Å². The first-order chi connectivity index (χ1) is 12.2. The Morgan fingerprint density at radius 3 is 2.58 bits per heavy atom. The fourth-order valence-electron chi connectivity index (χ4n) is 3.13. The quantitative estimate of drug-likeness (QED) is 0.888. The van der Waals surface area contributed by atoms with Gasteiger partial charge in [0, 0.05) is 13.1 Å². The van der Waals surface area contributed by atoms with Gasteiger partial charge >= 0.3 is 6.09 Å². The van der Waals surface area contributed by atoms with Crippen molar-refractivity contribution in [2.24, 2.45) is 0 Å². The number of nitrogens with zero attached hydrogens (tertiary/aromatic N) is 3. The van der Waals surface area contributed by atoms with E-state index in [1.54, 1.807) is 23.1 Å². The SMILES string of the molecule is CC(C)(C)OC(=O)N1CCC(O)(Cn2cnc3ccccc3c2=O)CC1. The van der Waals surface area contributed by atoms with Gasteiger partial charge in [-0.05, 0) is 45.7 Å². The molecule has 1 aromatic carbocycles. The number of amides is 1. The molecule has 2 heterocycles.